The van der Waals surface area contributed by atoms with Gasteiger partial charge in [0.2, 0.25) is 0 Å². The summed E-state index contributed by atoms with van der Waals surface area (Å²) in [6.07, 6.45) is 2.20. The minimum atomic E-state index is -0.676. The SMILES string of the molecule is COC(=O)C(N)Cc1c[nH]c2cc(C#N)ccc12.Cl. The summed E-state index contributed by atoms with van der Waals surface area (Å²) < 4.78 is 4.59. The Morgan fingerprint density at radius 3 is 2.95 bits per heavy atom. The van der Waals surface area contributed by atoms with Crippen molar-refractivity contribution in [3.8, 4) is 6.07 Å². The van der Waals surface area contributed by atoms with E-state index in [0.29, 0.717) is 12.0 Å². The van der Waals surface area contributed by atoms with E-state index in [1.807, 2.05) is 6.07 Å². The van der Waals surface area contributed by atoms with Crippen molar-refractivity contribution in [1.82, 2.24) is 4.98 Å². The van der Waals surface area contributed by atoms with Crippen molar-refractivity contribution in [3.63, 3.8) is 0 Å². The molecule has 2 aromatic rings. The third-order valence-corrected chi connectivity index (χ3v) is 2.84. The Morgan fingerprint density at radius 1 is 1.58 bits per heavy atom. The summed E-state index contributed by atoms with van der Waals surface area (Å²) >= 11 is 0. The van der Waals surface area contributed by atoms with Gasteiger partial charge in [-0.2, -0.15) is 5.26 Å². The first kappa shape index (κ1) is 15.0. The minimum Gasteiger partial charge on any atom is -0.468 e. The summed E-state index contributed by atoms with van der Waals surface area (Å²) in [6, 6.07) is 6.76. The fourth-order valence-corrected chi connectivity index (χ4v) is 1.90. The number of methoxy groups -OCH3 is 1. The number of carbonyl (C=O) groups excluding carboxylic acids is 1. The lowest BCUT2D eigenvalue weighted by Crippen LogP contribution is -2.33. The second-order valence-electron chi connectivity index (χ2n) is 4.02. The van der Waals surface area contributed by atoms with Gasteiger partial charge in [-0.1, -0.05) is 6.07 Å². The summed E-state index contributed by atoms with van der Waals surface area (Å²) in [5, 5.41) is 9.77. The zero-order chi connectivity index (χ0) is 13.1. The molecule has 3 N–H and O–H groups in total. The van der Waals surface area contributed by atoms with Crippen LogP contribution in [-0.4, -0.2) is 24.1 Å². The minimum absolute atomic E-state index is 0. The number of fused-ring (bicyclic) bond motifs is 1. The summed E-state index contributed by atoms with van der Waals surface area (Å²) in [7, 11) is 1.32. The highest BCUT2D eigenvalue weighted by Gasteiger charge is 2.16. The molecule has 1 aromatic carbocycles. The number of aromatic amines is 1. The van der Waals surface area contributed by atoms with Gasteiger partial charge >= 0.3 is 5.97 Å². The van der Waals surface area contributed by atoms with Gasteiger partial charge < -0.3 is 15.5 Å². The highest BCUT2D eigenvalue weighted by atomic mass is 35.5. The molecule has 0 radical (unpaired) electrons. The van der Waals surface area contributed by atoms with Crippen LogP contribution in [0.15, 0.2) is 24.4 Å². The molecule has 0 aliphatic rings. The number of rotatable bonds is 3. The third-order valence-electron chi connectivity index (χ3n) is 2.84. The maximum absolute atomic E-state index is 11.3. The van der Waals surface area contributed by atoms with E-state index < -0.39 is 12.0 Å². The quantitative estimate of drug-likeness (QED) is 0.833. The topological polar surface area (TPSA) is 91.9 Å². The van der Waals surface area contributed by atoms with E-state index in [1.54, 1.807) is 18.3 Å². The van der Waals surface area contributed by atoms with Crippen LogP contribution in [0.1, 0.15) is 11.1 Å². The lowest BCUT2D eigenvalue weighted by Gasteiger charge is -2.07. The molecule has 0 bridgehead atoms. The second-order valence-corrected chi connectivity index (χ2v) is 4.02. The maximum atomic E-state index is 11.3. The molecule has 0 aliphatic heterocycles. The van der Waals surface area contributed by atoms with Crippen LogP contribution in [0.3, 0.4) is 0 Å². The molecule has 0 fully saturated rings. The predicted molar refractivity (Wildman–Crippen MR) is 74.0 cm³/mol. The lowest BCUT2D eigenvalue weighted by atomic mass is 10.0. The predicted octanol–water partition coefficient (Wildman–Crippen LogP) is 1.50. The van der Waals surface area contributed by atoms with Crippen LogP contribution in [-0.2, 0) is 16.0 Å². The first-order chi connectivity index (χ1) is 8.65. The van der Waals surface area contributed by atoms with Crippen molar-refractivity contribution in [3.05, 3.63) is 35.5 Å². The Labute approximate surface area is 116 Å². The number of aromatic nitrogens is 1. The number of H-pyrrole nitrogens is 1. The highest BCUT2D eigenvalue weighted by molar-refractivity contribution is 5.86. The number of nitrogens with zero attached hydrogens (tertiary/aromatic N) is 1. The molecule has 19 heavy (non-hydrogen) atoms. The van der Waals surface area contributed by atoms with E-state index in [0.717, 1.165) is 16.5 Å². The van der Waals surface area contributed by atoms with Crippen LogP contribution in [0.5, 0.6) is 0 Å². The molecule has 100 valence electrons. The molecule has 1 aromatic heterocycles. The molecule has 2 rings (SSSR count). The Balaban J connectivity index is 0.00000180. The number of nitrogens with two attached hydrogens (primary N) is 1. The first-order valence-corrected chi connectivity index (χ1v) is 5.49. The molecule has 0 saturated carbocycles. The Morgan fingerprint density at radius 2 is 2.32 bits per heavy atom. The average molecular weight is 280 g/mol. The fourth-order valence-electron chi connectivity index (χ4n) is 1.90. The molecule has 1 unspecified atom stereocenters. The monoisotopic (exact) mass is 279 g/mol. The highest BCUT2D eigenvalue weighted by Crippen LogP contribution is 2.20. The largest absolute Gasteiger partial charge is 0.468 e. The van der Waals surface area contributed by atoms with Crippen molar-refractivity contribution < 1.29 is 9.53 Å². The normalized spacial score (nSPS) is 11.4. The van der Waals surface area contributed by atoms with Gasteiger partial charge in [0.25, 0.3) is 0 Å². The van der Waals surface area contributed by atoms with E-state index in [4.69, 9.17) is 11.0 Å². The summed E-state index contributed by atoms with van der Waals surface area (Å²) in [6.45, 7) is 0. The molecular formula is C13H14ClN3O2. The molecule has 5 nitrogen and oxygen atoms in total. The summed E-state index contributed by atoms with van der Waals surface area (Å²) in [5.74, 6) is -0.432. The van der Waals surface area contributed by atoms with Crippen LogP contribution >= 0.6 is 12.4 Å². The third kappa shape index (κ3) is 3.05. The number of benzene rings is 1. The number of esters is 1. The van der Waals surface area contributed by atoms with E-state index >= 15 is 0 Å². The number of nitriles is 1. The van der Waals surface area contributed by atoms with E-state index in [2.05, 4.69) is 15.8 Å². The number of ether oxygens (including phenoxy) is 1. The molecule has 1 atom stereocenters. The number of hydrogen-bond acceptors (Lipinski definition) is 4. The molecule has 1 heterocycles. The number of nitrogens with one attached hydrogen (secondary N) is 1. The van der Waals surface area contributed by atoms with Gasteiger partial charge in [0.15, 0.2) is 0 Å². The Bertz CT molecular complexity index is 630. The summed E-state index contributed by atoms with van der Waals surface area (Å²) in [4.78, 5) is 14.3. The first-order valence-electron chi connectivity index (χ1n) is 5.49. The van der Waals surface area contributed by atoms with Crippen molar-refractivity contribution >= 4 is 29.3 Å². The lowest BCUT2D eigenvalue weighted by molar-refractivity contribution is -0.142. The van der Waals surface area contributed by atoms with Crippen LogP contribution in [0.4, 0.5) is 0 Å². The van der Waals surface area contributed by atoms with Crippen molar-refractivity contribution in [2.45, 2.75) is 12.5 Å². The van der Waals surface area contributed by atoms with E-state index in [-0.39, 0.29) is 12.4 Å². The van der Waals surface area contributed by atoms with Gasteiger partial charge in [-0.25, -0.2) is 0 Å². The number of carbonyl (C=O) groups is 1. The molecule has 0 amide bonds. The van der Waals surface area contributed by atoms with Gasteiger partial charge in [-0.3, -0.25) is 4.79 Å². The van der Waals surface area contributed by atoms with Crippen LogP contribution in [0.25, 0.3) is 10.9 Å². The molecule has 0 spiro atoms. The Hall–Kier alpha value is -2.03. The summed E-state index contributed by atoms with van der Waals surface area (Å²) in [5.41, 5.74) is 8.12. The zero-order valence-corrected chi connectivity index (χ0v) is 11.2. The van der Waals surface area contributed by atoms with Gasteiger partial charge in [0.1, 0.15) is 6.04 Å². The van der Waals surface area contributed by atoms with Gasteiger partial charge in [-0.15, -0.1) is 12.4 Å². The standard InChI is InChI=1S/C13H13N3O2.ClH/c1-18-13(17)11(15)5-9-7-16-12-4-8(6-14)2-3-10(9)12;/h2-4,7,11,16H,5,15H2,1H3;1H. The van der Waals surface area contributed by atoms with Crippen LogP contribution in [0.2, 0.25) is 0 Å². The van der Waals surface area contributed by atoms with E-state index in [9.17, 15) is 4.79 Å². The number of halogens is 1. The van der Waals surface area contributed by atoms with Crippen molar-refractivity contribution in [2.75, 3.05) is 7.11 Å². The number of hydrogen-bond donors (Lipinski definition) is 2. The molecule has 6 heteroatoms. The van der Waals surface area contributed by atoms with Crippen molar-refractivity contribution in [2.24, 2.45) is 5.73 Å². The van der Waals surface area contributed by atoms with Crippen LogP contribution < -0.4 is 5.73 Å². The van der Waals surface area contributed by atoms with Gasteiger partial charge in [0.05, 0.1) is 18.7 Å². The smallest absolute Gasteiger partial charge is 0.322 e. The average Bonchev–Trinajstić information content (AvgIpc) is 2.80. The zero-order valence-electron chi connectivity index (χ0n) is 10.3. The molecule has 0 aliphatic carbocycles. The molecular weight excluding hydrogens is 266 g/mol. The van der Waals surface area contributed by atoms with Crippen molar-refractivity contribution in [1.29, 1.82) is 5.26 Å². The van der Waals surface area contributed by atoms with E-state index in [1.165, 1.54) is 7.11 Å². The Kier molecular flexibility index (Phi) is 4.93. The van der Waals surface area contributed by atoms with Gasteiger partial charge in [-0.05, 0) is 17.7 Å². The fraction of sp³-hybridized carbons (Fsp3) is 0.231. The van der Waals surface area contributed by atoms with Crippen LogP contribution in [0, 0.1) is 11.3 Å². The molecule has 0 saturated heterocycles. The van der Waals surface area contributed by atoms with Gasteiger partial charge in [0, 0.05) is 23.5 Å². The second kappa shape index (κ2) is 6.23. The maximum Gasteiger partial charge on any atom is 0.322 e.